The number of nitrogens with one attached hydrogen (secondary N) is 1. The molecular weight excluding hydrogens is 258 g/mol. The van der Waals surface area contributed by atoms with Gasteiger partial charge < -0.3 is 5.32 Å². The second-order valence-corrected chi connectivity index (χ2v) is 5.39. The topological polar surface area (TPSA) is 24.9 Å². The molecule has 0 amide bonds. The highest BCUT2D eigenvalue weighted by molar-refractivity contribution is 5.93. The Balaban J connectivity index is 2.77. The highest BCUT2D eigenvalue weighted by Gasteiger charge is 2.17. The summed E-state index contributed by atoms with van der Waals surface area (Å²) >= 11 is 0. The molecule has 1 heterocycles. The number of hydrogen-bond acceptors (Lipinski definition) is 2. The Morgan fingerprint density at radius 2 is 1.95 bits per heavy atom. The number of pyridine rings is 1. The van der Waals surface area contributed by atoms with E-state index in [0.29, 0.717) is 17.8 Å². The molecule has 0 atom stereocenters. The standard InChI is InChI=1S/C16H20F2N2/c1-5-6-19-13-8-12(9(2)3)20-16-11(17)7-10(4)15(18)14(13)16/h7-9H,5-6H2,1-4H3,(H,19,20). The van der Waals surface area contributed by atoms with Gasteiger partial charge in [-0.1, -0.05) is 20.8 Å². The third-order valence-corrected chi connectivity index (χ3v) is 3.33. The lowest BCUT2D eigenvalue weighted by molar-refractivity contribution is 0.607. The van der Waals surface area contributed by atoms with Crippen LogP contribution in [0.3, 0.4) is 0 Å². The van der Waals surface area contributed by atoms with Crippen molar-refractivity contribution in [1.29, 1.82) is 0 Å². The monoisotopic (exact) mass is 278 g/mol. The number of hydrogen-bond donors (Lipinski definition) is 1. The van der Waals surface area contributed by atoms with E-state index in [0.717, 1.165) is 12.1 Å². The molecule has 2 rings (SSSR count). The molecule has 4 heteroatoms. The zero-order chi connectivity index (χ0) is 14.9. The number of benzene rings is 1. The summed E-state index contributed by atoms with van der Waals surface area (Å²) in [6, 6.07) is 3.03. The van der Waals surface area contributed by atoms with Crippen molar-refractivity contribution in [2.45, 2.75) is 40.0 Å². The van der Waals surface area contributed by atoms with Crippen LogP contribution in [0, 0.1) is 18.6 Å². The Morgan fingerprint density at radius 1 is 1.25 bits per heavy atom. The number of halogens is 2. The van der Waals surface area contributed by atoms with E-state index in [1.807, 2.05) is 26.8 Å². The molecule has 0 fully saturated rings. The zero-order valence-corrected chi connectivity index (χ0v) is 12.3. The smallest absolute Gasteiger partial charge is 0.149 e. The normalized spacial score (nSPS) is 11.3. The van der Waals surface area contributed by atoms with Gasteiger partial charge in [-0.05, 0) is 37.0 Å². The van der Waals surface area contributed by atoms with E-state index in [9.17, 15) is 8.78 Å². The molecule has 0 saturated heterocycles. The minimum Gasteiger partial charge on any atom is -0.384 e. The molecule has 0 saturated carbocycles. The van der Waals surface area contributed by atoms with Crippen molar-refractivity contribution < 1.29 is 8.78 Å². The lowest BCUT2D eigenvalue weighted by Gasteiger charge is -2.15. The summed E-state index contributed by atoms with van der Waals surface area (Å²) in [6.45, 7) is 8.28. The number of rotatable bonds is 4. The van der Waals surface area contributed by atoms with Crippen LogP contribution in [0.15, 0.2) is 12.1 Å². The van der Waals surface area contributed by atoms with Crippen molar-refractivity contribution in [3.63, 3.8) is 0 Å². The molecule has 1 aromatic heterocycles. The summed E-state index contributed by atoms with van der Waals surface area (Å²) in [6.07, 6.45) is 0.913. The average molecular weight is 278 g/mol. The van der Waals surface area contributed by atoms with Crippen LogP contribution < -0.4 is 5.32 Å². The van der Waals surface area contributed by atoms with Gasteiger partial charge in [-0.3, -0.25) is 0 Å². The van der Waals surface area contributed by atoms with E-state index in [1.54, 1.807) is 6.92 Å². The van der Waals surface area contributed by atoms with Crippen molar-refractivity contribution in [3.05, 3.63) is 35.0 Å². The van der Waals surface area contributed by atoms with E-state index < -0.39 is 11.6 Å². The van der Waals surface area contributed by atoms with Gasteiger partial charge in [-0.25, -0.2) is 13.8 Å². The van der Waals surface area contributed by atoms with E-state index >= 15 is 0 Å². The van der Waals surface area contributed by atoms with Crippen LogP contribution in [0.25, 0.3) is 10.9 Å². The minimum atomic E-state index is -0.471. The van der Waals surface area contributed by atoms with Crippen LogP contribution in [0.4, 0.5) is 14.5 Å². The first kappa shape index (κ1) is 14.7. The molecule has 108 valence electrons. The maximum Gasteiger partial charge on any atom is 0.149 e. The third kappa shape index (κ3) is 2.60. The van der Waals surface area contributed by atoms with Crippen LogP contribution in [-0.4, -0.2) is 11.5 Å². The predicted octanol–water partition coefficient (Wildman–Crippen LogP) is 4.77. The molecule has 0 radical (unpaired) electrons. The van der Waals surface area contributed by atoms with Crippen LogP contribution in [0.5, 0.6) is 0 Å². The van der Waals surface area contributed by atoms with E-state index in [1.165, 1.54) is 6.07 Å². The largest absolute Gasteiger partial charge is 0.384 e. The Morgan fingerprint density at radius 3 is 2.55 bits per heavy atom. The third-order valence-electron chi connectivity index (χ3n) is 3.33. The van der Waals surface area contributed by atoms with Crippen molar-refractivity contribution in [2.24, 2.45) is 0 Å². The van der Waals surface area contributed by atoms with Crippen molar-refractivity contribution in [1.82, 2.24) is 4.98 Å². The fraction of sp³-hybridized carbons (Fsp3) is 0.438. The van der Waals surface area contributed by atoms with E-state index in [4.69, 9.17) is 0 Å². The number of aryl methyl sites for hydroxylation is 1. The second-order valence-electron chi connectivity index (χ2n) is 5.39. The molecule has 1 N–H and O–H groups in total. The van der Waals surface area contributed by atoms with Crippen molar-refractivity contribution >= 4 is 16.6 Å². The minimum absolute atomic E-state index is 0.109. The molecular formula is C16H20F2N2. The summed E-state index contributed by atoms with van der Waals surface area (Å²) in [5, 5.41) is 3.43. The molecule has 0 aliphatic rings. The van der Waals surface area contributed by atoms with Gasteiger partial charge in [-0.15, -0.1) is 0 Å². The molecule has 0 aliphatic heterocycles. The Kier molecular flexibility index (Phi) is 4.21. The highest BCUT2D eigenvalue weighted by Crippen LogP contribution is 2.31. The Bertz CT molecular complexity index is 636. The zero-order valence-electron chi connectivity index (χ0n) is 12.3. The predicted molar refractivity (Wildman–Crippen MR) is 79.3 cm³/mol. The van der Waals surface area contributed by atoms with Gasteiger partial charge in [0.15, 0.2) is 0 Å². The fourth-order valence-corrected chi connectivity index (χ4v) is 2.17. The molecule has 20 heavy (non-hydrogen) atoms. The summed E-state index contributed by atoms with van der Waals surface area (Å²) in [7, 11) is 0. The number of fused-ring (bicyclic) bond motifs is 1. The Labute approximate surface area is 118 Å². The average Bonchev–Trinajstić information content (AvgIpc) is 2.41. The van der Waals surface area contributed by atoms with Gasteiger partial charge in [0.1, 0.15) is 17.2 Å². The van der Waals surface area contributed by atoms with Gasteiger partial charge in [0.2, 0.25) is 0 Å². The fourth-order valence-electron chi connectivity index (χ4n) is 2.17. The van der Waals surface area contributed by atoms with Crippen LogP contribution in [0.1, 0.15) is 44.4 Å². The van der Waals surface area contributed by atoms with Gasteiger partial charge >= 0.3 is 0 Å². The summed E-state index contributed by atoms with van der Waals surface area (Å²) < 4.78 is 28.5. The lowest BCUT2D eigenvalue weighted by Crippen LogP contribution is -2.06. The first-order chi connectivity index (χ1) is 9.45. The number of nitrogens with zero attached hydrogens (tertiary/aromatic N) is 1. The maximum atomic E-state index is 14.4. The van der Waals surface area contributed by atoms with Gasteiger partial charge in [-0.2, -0.15) is 0 Å². The lowest BCUT2D eigenvalue weighted by atomic mass is 10.0. The van der Waals surface area contributed by atoms with Crippen LogP contribution in [-0.2, 0) is 0 Å². The molecule has 0 spiro atoms. The SMILES string of the molecule is CCCNc1cc(C(C)C)nc2c(F)cc(C)c(F)c12. The van der Waals surface area contributed by atoms with E-state index in [2.05, 4.69) is 10.3 Å². The van der Waals surface area contributed by atoms with Gasteiger partial charge in [0.25, 0.3) is 0 Å². The summed E-state index contributed by atoms with van der Waals surface area (Å²) in [4.78, 5) is 4.29. The molecule has 1 aromatic carbocycles. The summed E-state index contributed by atoms with van der Waals surface area (Å²) in [5.41, 5.74) is 1.80. The van der Waals surface area contributed by atoms with Crippen LogP contribution >= 0.6 is 0 Å². The Hall–Kier alpha value is -1.71. The first-order valence-corrected chi connectivity index (χ1v) is 6.98. The molecule has 0 aliphatic carbocycles. The van der Waals surface area contributed by atoms with Crippen LogP contribution in [0.2, 0.25) is 0 Å². The molecule has 0 unspecified atom stereocenters. The first-order valence-electron chi connectivity index (χ1n) is 6.98. The van der Waals surface area contributed by atoms with Gasteiger partial charge in [0, 0.05) is 17.9 Å². The summed E-state index contributed by atoms with van der Waals surface area (Å²) in [5.74, 6) is -0.714. The number of anilines is 1. The van der Waals surface area contributed by atoms with Crippen molar-refractivity contribution in [3.8, 4) is 0 Å². The maximum absolute atomic E-state index is 14.4. The highest BCUT2D eigenvalue weighted by atomic mass is 19.1. The van der Waals surface area contributed by atoms with Gasteiger partial charge in [0.05, 0.1) is 5.39 Å². The number of aromatic nitrogens is 1. The molecule has 0 bridgehead atoms. The quantitative estimate of drug-likeness (QED) is 0.871. The molecule has 2 nitrogen and oxygen atoms in total. The second kappa shape index (κ2) is 5.73. The van der Waals surface area contributed by atoms with E-state index in [-0.39, 0.29) is 16.8 Å². The molecule has 2 aromatic rings. The van der Waals surface area contributed by atoms with Crippen molar-refractivity contribution in [2.75, 3.05) is 11.9 Å².